The number of rotatable bonds is 11. The molecule has 0 atom stereocenters. The van der Waals surface area contributed by atoms with Crippen LogP contribution in [0.3, 0.4) is 0 Å². The van der Waals surface area contributed by atoms with E-state index < -0.39 is 11.9 Å². The van der Waals surface area contributed by atoms with Crippen LogP contribution >= 0.6 is 0 Å². The van der Waals surface area contributed by atoms with E-state index in [2.05, 4.69) is 6.58 Å². The summed E-state index contributed by atoms with van der Waals surface area (Å²) in [6.07, 6.45) is 0.278. The normalized spacial score (nSPS) is 10.5. The van der Waals surface area contributed by atoms with E-state index in [1.165, 1.54) is 0 Å². The molecule has 0 spiro atoms. The molecule has 0 heterocycles. The maximum absolute atomic E-state index is 11.6. The Morgan fingerprint density at radius 2 is 1.26 bits per heavy atom. The molecule has 23 heavy (non-hydrogen) atoms. The second-order valence-electron chi connectivity index (χ2n) is 6.29. The molecule has 0 radical (unpaired) electrons. The summed E-state index contributed by atoms with van der Waals surface area (Å²) in [6.45, 7) is 10.3. The van der Waals surface area contributed by atoms with E-state index in [0.29, 0.717) is 12.8 Å². The highest BCUT2D eigenvalue weighted by Gasteiger charge is 2.17. The number of hydrogen-bond donors (Lipinski definition) is 0. The van der Waals surface area contributed by atoms with Crippen LogP contribution in [0.25, 0.3) is 0 Å². The van der Waals surface area contributed by atoms with Crippen molar-refractivity contribution in [2.45, 2.75) is 47.0 Å². The molecule has 0 fully saturated rings. The molecule has 0 unspecified atom stereocenters. The SMILES string of the molecule is C=C(CC(=O)OCC(=O)CC(C)C)C(=O)OCC(=O)CC(C)C. The van der Waals surface area contributed by atoms with E-state index >= 15 is 0 Å². The number of esters is 2. The lowest BCUT2D eigenvalue weighted by molar-refractivity contribution is -0.149. The van der Waals surface area contributed by atoms with Crippen LogP contribution in [-0.2, 0) is 28.7 Å². The zero-order valence-corrected chi connectivity index (χ0v) is 14.3. The monoisotopic (exact) mass is 326 g/mol. The fourth-order valence-corrected chi connectivity index (χ4v) is 1.74. The van der Waals surface area contributed by atoms with Gasteiger partial charge >= 0.3 is 11.9 Å². The van der Waals surface area contributed by atoms with E-state index in [0.717, 1.165) is 0 Å². The maximum atomic E-state index is 11.6. The highest BCUT2D eigenvalue weighted by Crippen LogP contribution is 2.06. The van der Waals surface area contributed by atoms with Crippen LogP contribution in [0.1, 0.15) is 47.0 Å². The van der Waals surface area contributed by atoms with Gasteiger partial charge in [0.25, 0.3) is 0 Å². The predicted octanol–water partition coefficient (Wildman–Crippen LogP) is 2.25. The summed E-state index contributed by atoms with van der Waals surface area (Å²) in [5.41, 5.74) is -0.108. The smallest absolute Gasteiger partial charge is 0.334 e. The first-order valence-electron chi connectivity index (χ1n) is 7.65. The fourth-order valence-electron chi connectivity index (χ4n) is 1.74. The van der Waals surface area contributed by atoms with Crippen LogP contribution in [0.5, 0.6) is 0 Å². The molecule has 0 saturated heterocycles. The van der Waals surface area contributed by atoms with Crippen LogP contribution in [-0.4, -0.2) is 36.7 Å². The largest absolute Gasteiger partial charge is 0.457 e. The van der Waals surface area contributed by atoms with Crippen molar-refractivity contribution in [3.8, 4) is 0 Å². The molecule has 0 amide bonds. The van der Waals surface area contributed by atoms with Crippen molar-refractivity contribution in [2.75, 3.05) is 13.2 Å². The minimum atomic E-state index is -0.812. The van der Waals surface area contributed by atoms with Gasteiger partial charge in [-0.3, -0.25) is 14.4 Å². The van der Waals surface area contributed by atoms with Gasteiger partial charge in [-0.2, -0.15) is 0 Å². The summed E-state index contributed by atoms with van der Waals surface area (Å²) in [5.74, 6) is -1.54. The van der Waals surface area contributed by atoms with Crippen LogP contribution in [0.2, 0.25) is 0 Å². The number of Topliss-reactive ketones (excluding diaryl/α,β-unsaturated/α-hetero) is 2. The molecule has 6 heteroatoms. The molecule has 0 saturated carbocycles. The lowest BCUT2D eigenvalue weighted by atomic mass is 10.1. The van der Waals surface area contributed by atoms with Crippen LogP contribution in [0.15, 0.2) is 12.2 Å². The van der Waals surface area contributed by atoms with E-state index in [4.69, 9.17) is 9.47 Å². The molecule has 0 aliphatic carbocycles. The van der Waals surface area contributed by atoms with Gasteiger partial charge in [0.05, 0.1) is 6.42 Å². The Hall–Kier alpha value is -1.98. The quantitative estimate of drug-likeness (QED) is 0.427. The van der Waals surface area contributed by atoms with Gasteiger partial charge in [-0.15, -0.1) is 0 Å². The third-order valence-corrected chi connectivity index (χ3v) is 2.68. The highest BCUT2D eigenvalue weighted by atomic mass is 16.5. The summed E-state index contributed by atoms with van der Waals surface area (Å²) < 4.78 is 9.56. The molecule has 0 bridgehead atoms. The van der Waals surface area contributed by atoms with Gasteiger partial charge < -0.3 is 9.47 Å². The Labute approximate surface area is 137 Å². The van der Waals surface area contributed by atoms with E-state index in [9.17, 15) is 19.2 Å². The summed E-state index contributed by atoms with van der Waals surface area (Å²) >= 11 is 0. The molecule has 0 aromatic carbocycles. The van der Waals surface area contributed by atoms with Crippen molar-refractivity contribution in [2.24, 2.45) is 11.8 Å². The van der Waals surface area contributed by atoms with Crippen molar-refractivity contribution in [3.63, 3.8) is 0 Å². The van der Waals surface area contributed by atoms with Gasteiger partial charge in [-0.05, 0) is 11.8 Å². The third kappa shape index (κ3) is 11.3. The predicted molar refractivity (Wildman–Crippen MR) is 84.6 cm³/mol. The molecule has 0 aliphatic heterocycles. The van der Waals surface area contributed by atoms with Gasteiger partial charge in [-0.1, -0.05) is 34.3 Å². The number of carbonyl (C=O) groups excluding carboxylic acids is 4. The van der Waals surface area contributed by atoms with Gasteiger partial charge in [0.2, 0.25) is 0 Å². The maximum Gasteiger partial charge on any atom is 0.334 e. The number of hydrogen-bond acceptors (Lipinski definition) is 6. The first kappa shape index (κ1) is 21.0. The van der Waals surface area contributed by atoms with E-state index in [-0.39, 0.29) is 48.6 Å². The lowest BCUT2D eigenvalue weighted by Crippen LogP contribution is -2.19. The summed E-state index contributed by atoms with van der Waals surface area (Å²) in [4.78, 5) is 46.0. The molecule has 0 N–H and O–H groups in total. The second kappa shape index (κ2) is 10.7. The molecule has 0 aromatic heterocycles. The van der Waals surface area contributed by atoms with Gasteiger partial charge in [0.1, 0.15) is 13.2 Å². The summed E-state index contributed by atoms with van der Waals surface area (Å²) in [7, 11) is 0. The van der Waals surface area contributed by atoms with Crippen molar-refractivity contribution < 1.29 is 28.7 Å². The molecule has 0 aliphatic rings. The van der Waals surface area contributed by atoms with Crippen LogP contribution in [0, 0.1) is 11.8 Å². The van der Waals surface area contributed by atoms with E-state index in [1.807, 2.05) is 27.7 Å². The van der Waals surface area contributed by atoms with Gasteiger partial charge in [-0.25, -0.2) is 4.79 Å². The molecular weight excluding hydrogens is 300 g/mol. The molecule has 0 aromatic rings. The zero-order chi connectivity index (χ0) is 18.0. The number of carbonyl (C=O) groups is 4. The Morgan fingerprint density at radius 1 is 0.826 bits per heavy atom. The minimum absolute atomic E-state index is 0.108. The number of ether oxygens (including phenoxy) is 2. The molecular formula is C17H26O6. The average molecular weight is 326 g/mol. The average Bonchev–Trinajstić information content (AvgIpc) is 2.41. The fraction of sp³-hybridized carbons (Fsp3) is 0.647. The van der Waals surface area contributed by atoms with Crippen LogP contribution in [0.4, 0.5) is 0 Å². The third-order valence-electron chi connectivity index (χ3n) is 2.68. The van der Waals surface area contributed by atoms with Gasteiger partial charge in [0.15, 0.2) is 11.6 Å². The first-order valence-corrected chi connectivity index (χ1v) is 7.65. The van der Waals surface area contributed by atoms with Crippen molar-refractivity contribution >= 4 is 23.5 Å². The zero-order valence-electron chi connectivity index (χ0n) is 14.3. The Kier molecular flexibility index (Phi) is 9.78. The van der Waals surface area contributed by atoms with Crippen LogP contribution < -0.4 is 0 Å². The topological polar surface area (TPSA) is 86.7 Å². The highest BCUT2D eigenvalue weighted by molar-refractivity contribution is 5.95. The first-order chi connectivity index (χ1) is 10.6. The lowest BCUT2D eigenvalue weighted by Gasteiger charge is -2.08. The Bertz CT molecular complexity index is 462. The van der Waals surface area contributed by atoms with Gasteiger partial charge in [0, 0.05) is 18.4 Å². The molecule has 130 valence electrons. The molecule has 0 rings (SSSR count). The Morgan fingerprint density at radius 3 is 1.70 bits per heavy atom. The summed E-state index contributed by atoms with van der Waals surface area (Å²) in [6, 6.07) is 0. The van der Waals surface area contributed by atoms with E-state index in [1.54, 1.807) is 0 Å². The van der Waals surface area contributed by atoms with Crippen molar-refractivity contribution in [3.05, 3.63) is 12.2 Å². The second-order valence-corrected chi connectivity index (χ2v) is 6.29. The number of ketones is 2. The molecule has 6 nitrogen and oxygen atoms in total. The minimum Gasteiger partial charge on any atom is -0.457 e. The Balaban J connectivity index is 4.07. The summed E-state index contributed by atoms with van der Waals surface area (Å²) in [5, 5.41) is 0. The standard InChI is InChI=1S/C17H26O6/c1-11(2)6-14(18)9-22-16(20)8-13(5)17(21)23-10-15(19)7-12(3)4/h11-12H,5-10H2,1-4H3. The van der Waals surface area contributed by atoms with Crippen molar-refractivity contribution in [1.82, 2.24) is 0 Å². The van der Waals surface area contributed by atoms with Crippen molar-refractivity contribution in [1.29, 1.82) is 0 Å².